The van der Waals surface area contributed by atoms with Crippen LogP contribution in [0.4, 0.5) is 13.2 Å². The summed E-state index contributed by atoms with van der Waals surface area (Å²) in [6.07, 6.45) is -2.68. The number of nitrogens with zero attached hydrogens (tertiary/aromatic N) is 2. The van der Waals surface area contributed by atoms with E-state index < -0.39 is 17.3 Å². The van der Waals surface area contributed by atoms with Crippen molar-refractivity contribution < 1.29 is 17.9 Å². The Balaban J connectivity index is 0.00000139. The van der Waals surface area contributed by atoms with Crippen molar-refractivity contribution in [2.45, 2.75) is 58.9 Å². The highest BCUT2D eigenvalue weighted by Gasteiger charge is 2.34. The predicted octanol–water partition coefficient (Wildman–Crippen LogP) is 4.85. The van der Waals surface area contributed by atoms with E-state index >= 15 is 0 Å². The number of ether oxygens (including phenoxy) is 1. The molecule has 2 rings (SSSR count). The van der Waals surface area contributed by atoms with Gasteiger partial charge in [-0.05, 0) is 38.0 Å². The zero-order valence-corrected chi connectivity index (χ0v) is 14.7. The SMILES string of the molecule is CC.CCC(C)N1CCC(Oc2ccc(C(F)(F)F)c(C#N)c2)C1. The van der Waals surface area contributed by atoms with Gasteiger partial charge in [-0.25, -0.2) is 0 Å². The predicted molar refractivity (Wildman–Crippen MR) is 87.9 cm³/mol. The molecule has 24 heavy (non-hydrogen) atoms. The third kappa shape index (κ3) is 5.13. The van der Waals surface area contributed by atoms with Crippen LogP contribution in [0.2, 0.25) is 0 Å². The average Bonchev–Trinajstić information content (AvgIpc) is 3.03. The van der Waals surface area contributed by atoms with Gasteiger partial charge < -0.3 is 4.74 Å². The van der Waals surface area contributed by atoms with Gasteiger partial charge >= 0.3 is 6.18 Å². The number of halogens is 3. The second-order valence-electron chi connectivity index (χ2n) is 5.60. The summed E-state index contributed by atoms with van der Waals surface area (Å²) < 4.78 is 44.0. The smallest absolute Gasteiger partial charge is 0.417 e. The van der Waals surface area contributed by atoms with E-state index in [-0.39, 0.29) is 6.10 Å². The lowest BCUT2D eigenvalue weighted by molar-refractivity contribution is -0.137. The van der Waals surface area contributed by atoms with Crippen molar-refractivity contribution in [3.05, 3.63) is 29.3 Å². The summed E-state index contributed by atoms with van der Waals surface area (Å²) in [5.41, 5.74) is -1.32. The molecule has 0 bridgehead atoms. The Labute approximate surface area is 142 Å². The van der Waals surface area contributed by atoms with E-state index in [4.69, 9.17) is 10.00 Å². The molecule has 1 aromatic carbocycles. The van der Waals surface area contributed by atoms with Gasteiger partial charge in [0.1, 0.15) is 11.9 Å². The van der Waals surface area contributed by atoms with Gasteiger partial charge in [0.25, 0.3) is 0 Å². The molecule has 2 unspecified atom stereocenters. The molecule has 1 aliphatic rings. The molecular formula is C18H25F3N2O. The second-order valence-corrected chi connectivity index (χ2v) is 5.60. The molecule has 0 aliphatic carbocycles. The number of rotatable bonds is 4. The van der Waals surface area contributed by atoms with Crippen LogP contribution < -0.4 is 4.74 Å². The Hall–Kier alpha value is -1.74. The fraction of sp³-hybridized carbons (Fsp3) is 0.611. The van der Waals surface area contributed by atoms with E-state index in [9.17, 15) is 13.2 Å². The van der Waals surface area contributed by atoms with E-state index in [0.717, 1.165) is 32.0 Å². The zero-order chi connectivity index (χ0) is 18.3. The summed E-state index contributed by atoms with van der Waals surface area (Å²) in [4.78, 5) is 2.31. The van der Waals surface area contributed by atoms with Gasteiger partial charge in [0.2, 0.25) is 0 Å². The summed E-state index contributed by atoms with van der Waals surface area (Å²) in [7, 11) is 0. The van der Waals surface area contributed by atoms with Gasteiger partial charge in [0, 0.05) is 19.1 Å². The molecule has 1 aliphatic heterocycles. The van der Waals surface area contributed by atoms with E-state index in [1.54, 1.807) is 6.07 Å². The summed E-state index contributed by atoms with van der Waals surface area (Å²) in [6.45, 7) is 9.95. The first kappa shape index (κ1) is 20.3. The van der Waals surface area contributed by atoms with Crippen LogP contribution in [0, 0.1) is 11.3 Å². The first-order chi connectivity index (χ1) is 11.3. The molecule has 1 saturated heterocycles. The van der Waals surface area contributed by atoms with Crippen LogP contribution in [0.25, 0.3) is 0 Å². The van der Waals surface area contributed by atoms with Crippen molar-refractivity contribution in [3.8, 4) is 11.8 Å². The summed E-state index contributed by atoms with van der Waals surface area (Å²) in [5.74, 6) is 0.320. The topological polar surface area (TPSA) is 36.3 Å². The standard InChI is InChI=1S/C16H19F3N2O.C2H6/c1-3-11(2)21-7-6-14(10-21)22-13-4-5-15(16(17,18)19)12(8-13)9-20;1-2/h4-5,8,11,14H,3,6-7,10H2,1-2H3;1-2H3. The lowest BCUT2D eigenvalue weighted by atomic mass is 10.1. The number of alkyl halides is 3. The Morgan fingerprint density at radius 2 is 2.04 bits per heavy atom. The van der Waals surface area contributed by atoms with Crippen molar-refractivity contribution in [2.75, 3.05) is 13.1 Å². The Kier molecular flexibility index (Phi) is 7.56. The van der Waals surface area contributed by atoms with Gasteiger partial charge in [-0.15, -0.1) is 0 Å². The Morgan fingerprint density at radius 1 is 1.38 bits per heavy atom. The molecule has 6 heteroatoms. The van der Waals surface area contributed by atoms with Crippen molar-refractivity contribution in [3.63, 3.8) is 0 Å². The fourth-order valence-corrected chi connectivity index (χ4v) is 2.64. The van der Waals surface area contributed by atoms with Crippen LogP contribution in [0.1, 0.15) is 51.7 Å². The highest BCUT2D eigenvalue weighted by molar-refractivity contribution is 5.44. The van der Waals surface area contributed by atoms with E-state index in [0.29, 0.717) is 11.8 Å². The molecule has 0 radical (unpaired) electrons. The maximum absolute atomic E-state index is 12.8. The van der Waals surface area contributed by atoms with Gasteiger partial charge in [-0.2, -0.15) is 18.4 Å². The molecule has 1 aromatic rings. The molecule has 0 N–H and O–H groups in total. The van der Waals surface area contributed by atoms with E-state index in [1.165, 1.54) is 12.1 Å². The minimum Gasteiger partial charge on any atom is -0.489 e. The number of hydrogen-bond acceptors (Lipinski definition) is 3. The molecule has 0 amide bonds. The maximum Gasteiger partial charge on any atom is 0.417 e. The molecule has 134 valence electrons. The van der Waals surface area contributed by atoms with Crippen LogP contribution in [-0.2, 0) is 6.18 Å². The van der Waals surface area contributed by atoms with Crippen molar-refractivity contribution in [2.24, 2.45) is 0 Å². The minimum absolute atomic E-state index is 0.0442. The molecule has 3 nitrogen and oxygen atoms in total. The highest BCUT2D eigenvalue weighted by atomic mass is 19.4. The summed E-state index contributed by atoms with van der Waals surface area (Å²) in [6, 6.07) is 5.44. The molecule has 0 saturated carbocycles. The molecular weight excluding hydrogens is 317 g/mol. The Bertz CT molecular complexity index is 566. The quantitative estimate of drug-likeness (QED) is 0.784. The zero-order valence-electron chi connectivity index (χ0n) is 14.7. The maximum atomic E-state index is 12.8. The molecule has 1 heterocycles. The largest absolute Gasteiger partial charge is 0.489 e. The summed E-state index contributed by atoms with van der Waals surface area (Å²) in [5, 5.41) is 8.90. The lowest BCUT2D eigenvalue weighted by Crippen LogP contribution is -2.32. The molecule has 2 atom stereocenters. The van der Waals surface area contributed by atoms with Crippen LogP contribution in [0.3, 0.4) is 0 Å². The minimum atomic E-state index is -4.52. The van der Waals surface area contributed by atoms with Gasteiger partial charge in [0.15, 0.2) is 0 Å². The average molecular weight is 342 g/mol. The van der Waals surface area contributed by atoms with Gasteiger partial charge in [-0.1, -0.05) is 20.8 Å². The normalized spacial score (nSPS) is 19.2. The van der Waals surface area contributed by atoms with Gasteiger partial charge in [0.05, 0.1) is 17.2 Å². The van der Waals surface area contributed by atoms with Gasteiger partial charge in [-0.3, -0.25) is 4.90 Å². The van der Waals surface area contributed by atoms with E-state index in [1.807, 2.05) is 13.8 Å². The summed E-state index contributed by atoms with van der Waals surface area (Å²) >= 11 is 0. The first-order valence-corrected chi connectivity index (χ1v) is 8.37. The van der Waals surface area contributed by atoms with Crippen molar-refractivity contribution >= 4 is 0 Å². The van der Waals surface area contributed by atoms with Crippen LogP contribution in [-0.4, -0.2) is 30.1 Å². The monoisotopic (exact) mass is 342 g/mol. The third-order valence-electron chi connectivity index (χ3n) is 4.11. The third-order valence-corrected chi connectivity index (χ3v) is 4.11. The Morgan fingerprint density at radius 3 is 2.58 bits per heavy atom. The molecule has 0 spiro atoms. The number of likely N-dealkylation sites (tertiary alicyclic amines) is 1. The number of hydrogen-bond donors (Lipinski definition) is 0. The highest BCUT2D eigenvalue weighted by Crippen LogP contribution is 2.34. The second kappa shape index (κ2) is 8.93. The molecule has 1 fully saturated rings. The number of benzene rings is 1. The molecule has 0 aromatic heterocycles. The van der Waals surface area contributed by atoms with Crippen LogP contribution in [0.5, 0.6) is 5.75 Å². The van der Waals surface area contributed by atoms with E-state index in [2.05, 4.69) is 18.7 Å². The van der Waals surface area contributed by atoms with Crippen molar-refractivity contribution in [1.82, 2.24) is 4.90 Å². The van der Waals surface area contributed by atoms with Crippen molar-refractivity contribution in [1.29, 1.82) is 5.26 Å². The fourth-order valence-electron chi connectivity index (χ4n) is 2.64. The van der Waals surface area contributed by atoms with Crippen LogP contribution >= 0.6 is 0 Å². The lowest BCUT2D eigenvalue weighted by Gasteiger charge is -2.23. The first-order valence-electron chi connectivity index (χ1n) is 8.37. The number of nitriles is 1. The van der Waals surface area contributed by atoms with Crippen LogP contribution in [0.15, 0.2) is 18.2 Å².